The summed E-state index contributed by atoms with van der Waals surface area (Å²) < 4.78 is 16.8. The number of halogens is 1. The minimum atomic E-state index is -0.549. The summed E-state index contributed by atoms with van der Waals surface area (Å²) in [6.07, 6.45) is 6.70. The fraction of sp³-hybridized carbons (Fsp3) is 0.333. The number of hydrogen-bond acceptors (Lipinski definition) is 4. The first-order valence-electron chi connectivity index (χ1n) is 9.49. The van der Waals surface area contributed by atoms with Crippen LogP contribution in [-0.2, 0) is 6.54 Å². The van der Waals surface area contributed by atoms with Crippen LogP contribution in [0.4, 0.5) is 4.39 Å². The molecule has 1 aromatic carbocycles. The molecule has 2 bridgehead atoms. The van der Waals surface area contributed by atoms with Crippen molar-refractivity contribution in [2.75, 3.05) is 0 Å². The summed E-state index contributed by atoms with van der Waals surface area (Å²) in [6, 6.07) is 9.88. The number of rotatable bonds is 4. The van der Waals surface area contributed by atoms with Crippen molar-refractivity contribution in [2.45, 2.75) is 31.8 Å². The molecule has 3 aliphatic carbocycles. The molecule has 0 unspecified atom stereocenters. The molecule has 0 N–H and O–H groups in total. The van der Waals surface area contributed by atoms with Crippen molar-refractivity contribution in [2.24, 2.45) is 11.8 Å². The van der Waals surface area contributed by atoms with Crippen LogP contribution in [0.5, 0.6) is 0 Å². The third kappa shape index (κ3) is 2.78. The SMILES string of the molecule is O=c1c(=O)n([C@@H]2CC3CC2C3)ccn1Cc1ccc(-c2ccccc2F)nn1. The summed E-state index contributed by atoms with van der Waals surface area (Å²) in [5, 5.41) is 8.16. The number of aromatic nitrogens is 4. The minimum absolute atomic E-state index is 0.149. The molecule has 0 saturated heterocycles. The fourth-order valence-electron chi connectivity index (χ4n) is 4.51. The molecular weight excluding hydrogens is 359 g/mol. The van der Waals surface area contributed by atoms with Crippen LogP contribution >= 0.6 is 0 Å². The van der Waals surface area contributed by atoms with Gasteiger partial charge in [0, 0.05) is 24.0 Å². The number of benzene rings is 1. The van der Waals surface area contributed by atoms with Gasteiger partial charge < -0.3 is 9.13 Å². The largest absolute Gasteiger partial charge is 0.316 e. The normalized spacial score (nSPS) is 22.8. The van der Waals surface area contributed by atoms with Crippen molar-refractivity contribution in [3.05, 3.63) is 81.0 Å². The molecule has 142 valence electrons. The first-order chi connectivity index (χ1) is 13.6. The number of hydrogen-bond donors (Lipinski definition) is 0. The highest BCUT2D eigenvalue weighted by atomic mass is 19.1. The van der Waals surface area contributed by atoms with Gasteiger partial charge in [-0.15, -0.1) is 0 Å². The average molecular weight is 378 g/mol. The van der Waals surface area contributed by atoms with Gasteiger partial charge in [-0.05, 0) is 55.4 Å². The van der Waals surface area contributed by atoms with E-state index in [0.717, 1.165) is 6.42 Å². The molecule has 7 heteroatoms. The van der Waals surface area contributed by atoms with E-state index in [9.17, 15) is 14.0 Å². The highest BCUT2D eigenvalue weighted by Gasteiger charge is 2.45. The van der Waals surface area contributed by atoms with E-state index >= 15 is 0 Å². The van der Waals surface area contributed by atoms with E-state index in [4.69, 9.17) is 0 Å². The molecule has 6 rings (SSSR count). The van der Waals surface area contributed by atoms with E-state index in [0.29, 0.717) is 28.8 Å². The summed E-state index contributed by atoms with van der Waals surface area (Å²) >= 11 is 0. The van der Waals surface area contributed by atoms with Crippen molar-refractivity contribution in [1.82, 2.24) is 19.3 Å². The van der Waals surface area contributed by atoms with Crippen molar-refractivity contribution in [1.29, 1.82) is 0 Å². The second kappa shape index (κ2) is 6.51. The van der Waals surface area contributed by atoms with Gasteiger partial charge in [0.05, 0.1) is 17.9 Å². The van der Waals surface area contributed by atoms with E-state index in [-0.39, 0.29) is 18.4 Å². The summed E-state index contributed by atoms with van der Waals surface area (Å²) in [5.74, 6) is 0.886. The first-order valence-corrected chi connectivity index (χ1v) is 9.49. The molecule has 0 amide bonds. The monoisotopic (exact) mass is 378 g/mol. The van der Waals surface area contributed by atoms with E-state index in [1.807, 2.05) is 0 Å². The Kier molecular flexibility index (Phi) is 3.96. The van der Waals surface area contributed by atoms with Gasteiger partial charge in [-0.2, -0.15) is 10.2 Å². The second-order valence-corrected chi connectivity index (χ2v) is 7.73. The standard InChI is InChI=1S/C21H19FN4O2/c22-17-4-2-1-3-16(17)18-6-5-15(23-24-18)12-25-7-8-26(21(28)20(25)27)19-11-13-9-14(19)10-13/h1-8,13-14,19H,9-12H2/t13?,14?,19-/m1/s1. The van der Waals surface area contributed by atoms with Gasteiger partial charge in [0.2, 0.25) is 0 Å². The molecule has 1 atom stereocenters. The molecule has 0 spiro atoms. The van der Waals surface area contributed by atoms with Crippen LogP contribution in [0.25, 0.3) is 11.3 Å². The van der Waals surface area contributed by atoms with Gasteiger partial charge in [0.1, 0.15) is 5.82 Å². The second-order valence-electron chi connectivity index (χ2n) is 7.73. The molecule has 2 heterocycles. The molecular formula is C21H19FN4O2. The summed E-state index contributed by atoms with van der Waals surface area (Å²) in [7, 11) is 0. The highest BCUT2D eigenvalue weighted by molar-refractivity contribution is 5.58. The lowest BCUT2D eigenvalue weighted by Crippen LogP contribution is -2.42. The number of nitrogens with zero attached hydrogens (tertiary/aromatic N) is 4. The molecule has 3 saturated carbocycles. The Morgan fingerprint density at radius 3 is 2.46 bits per heavy atom. The minimum Gasteiger partial charge on any atom is -0.306 e. The molecule has 3 fully saturated rings. The maximum absolute atomic E-state index is 13.9. The Hall–Kier alpha value is -3.09. The quantitative estimate of drug-likeness (QED) is 0.655. The van der Waals surface area contributed by atoms with Crippen LogP contribution in [0, 0.1) is 17.7 Å². The number of fused-ring (bicyclic) bond motifs is 1. The van der Waals surface area contributed by atoms with Gasteiger partial charge in [-0.25, -0.2) is 4.39 Å². The summed E-state index contributed by atoms with van der Waals surface area (Å²) in [6.45, 7) is 0.149. The van der Waals surface area contributed by atoms with Crippen LogP contribution in [0.1, 0.15) is 31.0 Å². The zero-order chi connectivity index (χ0) is 19.3. The van der Waals surface area contributed by atoms with Crippen molar-refractivity contribution in [3.63, 3.8) is 0 Å². The first kappa shape index (κ1) is 17.0. The van der Waals surface area contributed by atoms with Gasteiger partial charge in [-0.1, -0.05) is 12.1 Å². The van der Waals surface area contributed by atoms with Crippen LogP contribution < -0.4 is 11.1 Å². The lowest BCUT2D eigenvalue weighted by molar-refractivity contribution is 0.271. The van der Waals surface area contributed by atoms with Gasteiger partial charge in [0.25, 0.3) is 0 Å². The molecule has 0 radical (unpaired) electrons. The van der Waals surface area contributed by atoms with Gasteiger partial charge in [0.15, 0.2) is 0 Å². The maximum Gasteiger partial charge on any atom is 0.316 e. The lowest BCUT2D eigenvalue weighted by atomic mass is 9.84. The topological polar surface area (TPSA) is 69.8 Å². The third-order valence-corrected chi connectivity index (χ3v) is 6.04. The van der Waals surface area contributed by atoms with Gasteiger partial charge in [-0.3, -0.25) is 9.59 Å². The summed E-state index contributed by atoms with van der Waals surface area (Å²) in [4.78, 5) is 25.1. The van der Waals surface area contributed by atoms with E-state index in [1.54, 1.807) is 47.3 Å². The zero-order valence-electron chi connectivity index (χ0n) is 15.2. The molecule has 0 aliphatic heterocycles. The Labute approximate surface area is 160 Å². The van der Waals surface area contributed by atoms with Crippen LogP contribution in [-0.4, -0.2) is 19.3 Å². The van der Waals surface area contributed by atoms with Crippen molar-refractivity contribution < 1.29 is 4.39 Å². The lowest BCUT2D eigenvalue weighted by Gasteiger charge is -2.25. The molecule has 3 aliphatic rings. The third-order valence-electron chi connectivity index (χ3n) is 6.04. The Morgan fingerprint density at radius 1 is 0.964 bits per heavy atom. The Balaban J connectivity index is 1.39. The van der Waals surface area contributed by atoms with Crippen molar-refractivity contribution >= 4 is 0 Å². The molecule has 6 nitrogen and oxygen atoms in total. The van der Waals surface area contributed by atoms with Gasteiger partial charge >= 0.3 is 11.1 Å². The van der Waals surface area contributed by atoms with E-state index < -0.39 is 11.1 Å². The average Bonchev–Trinajstić information content (AvgIpc) is 3.28. The van der Waals surface area contributed by atoms with E-state index in [2.05, 4.69) is 10.2 Å². The molecule has 3 aromatic rings. The fourth-order valence-corrected chi connectivity index (χ4v) is 4.51. The van der Waals surface area contributed by atoms with Crippen LogP contribution in [0.3, 0.4) is 0 Å². The van der Waals surface area contributed by atoms with Crippen molar-refractivity contribution in [3.8, 4) is 11.3 Å². The predicted molar refractivity (Wildman–Crippen MR) is 101 cm³/mol. The maximum atomic E-state index is 13.9. The molecule has 28 heavy (non-hydrogen) atoms. The Morgan fingerprint density at radius 2 is 1.79 bits per heavy atom. The molecule has 2 aromatic heterocycles. The highest BCUT2D eigenvalue weighted by Crippen LogP contribution is 2.54. The zero-order valence-corrected chi connectivity index (χ0v) is 15.2. The van der Waals surface area contributed by atoms with Crippen LogP contribution in [0.2, 0.25) is 0 Å². The predicted octanol–water partition coefficient (Wildman–Crippen LogP) is 2.63. The Bertz CT molecular complexity index is 1150. The summed E-state index contributed by atoms with van der Waals surface area (Å²) in [5.41, 5.74) is 0.297. The van der Waals surface area contributed by atoms with Crippen LogP contribution in [0.15, 0.2) is 58.4 Å². The van der Waals surface area contributed by atoms with E-state index in [1.165, 1.54) is 23.5 Å². The smallest absolute Gasteiger partial charge is 0.306 e.